The van der Waals surface area contributed by atoms with Crippen molar-refractivity contribution in [3.05, 3.63) is 36.2 Å². The van der Waals surface area contributed by atoms with Crippen LogP contribution in [0.2, 0.25) is 0 Å². The molecule has 1 saturated carbocycles. The third-order valence-corrected chi connectivity index (χ3v) is 8.30. The van der Waals surface area contributed by atoms with Crippen molar-refractivity contribution in [2.45, 2.75) is 41.4 Å². The van der Waals surface area contributed by atoms with E-state index in [-0.39, 0.29) is 11.2 Å². The Morgan fingerprint density at radius 2 is 2.00 bits per heavy atom. The van der Waals surface area contributed by atoms with Gasteiger partial charge in [-0.2, -0.15) is 5.10 Å². The molecule has 3 aliphatic rings. The number of fused-ring (bicyclic) bond motifs is 3. The highest BCUT2D eigenvalue weighted by Gasteiger charge is 2.51. The molecule has 2 fully saturated rings. The smallest absolute Gasteiger partial charge is 0.183 e. The zero-order valence-electron chi connectivity index (χ0n) is 13.7. The number of hydrogen-bond donors (Lipinski definition) is 0. The molecule has 1 saturated heterocycles. The van der Waals surface area contributed by atoms with Gasteiger partial charge in [-0.1, -0.05) is 12.5 Å². The number of likely N-dealkylation sites (tertiary alicyclic amines) is 1. The van der Waals surface area contributed by atoms with E-state index < -0.39 is 9.84 Å². The summed E-state index contributed by atoms with van der Waals surface area (Å²) in [6.07, 6.45) is 7.53. The van der Waals surface area contributed by atoms with Gasteiger partial charge >= 0.3 is 0 Å². The maximum Gasteiger partial charge on any atom is 0.183 e. The van der Waals surface area contributed by atoms with E-state index in [9.17, 15) is 8.42 Å². The van der Waals surface area contributed by atoms with Crippen LogP contribution in [0.4, 0.5) is 0 Å². The summed E-state index contributed by atoms with van der Waals surface area (Å²) in [5.74, 6) is 0.127. The van der Waals surface area contributed by atoms with Crippen LogP contribution in [0, 0.1) is 0 Å². The van der Waals surface area contributed by atoms with Gasteiger partial charge in [0.25, 0.3) is 0 Å². The molecule has 1 aliphatic carbocycles. The summed E-state index contributed by atoms with van der Waals surface area (Å²) in [6.45, 7) is 1.59. The first-order valence-corrected chi connectivity index (χ1v) is 10.2. The van der Waals surface area contributed by atoms with E-state index in [4.69, 9.17) is 0 Å². The fourth-order valence-electron chi connectivity index (χ4n) is 4.48. The van der Waals surface area contributed by atoms with Crippen LogP contribution in [-0.4, -0.2) is 47.5 Å². The SMILES string of the molecule is Cn1cc(-c2ccc3c(c2)[C@@H]2CN(C4CCC4)C[C@H]2S3(=O)=O)cn1. The first-order valence-electron chi connectivity index (χ1n) is 8.65. The molecule has 24 heavy (non-hydrogen) atoms. The van der Waals surface area contributed by atoms with Crippen LogP contribution in [0.15, 0.2) is 35.5 Å². The van der Waals surface area contributed by atoms with Crippen LogP contribution < -0.4 is 0 Å². The van der Waals surface area contributed by atoms with Gasteiger partial charge in [-0.25, -0.2) is 8.42 Å². The second kappa shape index (κ2) is 4.92. The molecule has 2 aliphatic heterocycles. The predicted molar refractivity (Wildman–Crippen MR) is 91.6 cm³/mol. The minimum Gasteiger partial charge on any atom is -0.298 e. The highest BCUT2D eigenvalue weighted by Crippen LogP contribution is 2.47. The molecule has 1 aromatic carbocycles. The predicted octanol–water partition coefficient (Wildman–Crippen LogP) is 2.19. The lowest BCUT2D eigenvalue weighted by Crippen LogP contribution is -2.39. The summed E-state index contributed by atoms with van der Waals surface area (Å²) in [5.41, 5.74) is 3.11. The van der Waals surface area contributed by atoms with Crippen molar-refractivity contribution in [2.24, 2.45) is 7.05 Å². The van der Waals surface area contributed by atoms with Crippen LogP contribution in [0.3, 0.4) is 0 Å². The number of nitrogens with zero attached hydrogens (tertiary/aromatic N) is 3. The number of aryl methyl sites for hydroxylation is 1. The Balaban J connectivity index is 1.56. The van der Waals surface area contributed by atoms with Crippen molar-refractivity contribution in [3.8, 4) is 11.1 Å². The lowest BCUT2D eigenvalue weighted by molar-refractivity contribution is 0.157. The lowest BCUT2D eigenvalue weighted by Gasteiger charge is -2.35. The zero-order chi connectivity index (χ0) is 16.5. The number of rotatable bonds is 2. The Kier molecular flexibility index (Phi) is 3.01. The van der Waals surface area contributed by atoms with Gasteiger partial charge in [0.15, 0.2) is 9.84 Å². The molecular weight excluding hydrogens is 322 g/mol. The van der Waals surface area contributed by atoms with Gasteiger partial charge in [0, 0.05) is 43.9 Å². The normalized spacial score (nSPS) is 28.5. The Labute approximate surface area is 142 Å². The quantitative estimate of drug-likeness (QED) is 0.839. The molecule has 0 spiro atoms. The molecule has 0 amide bonds. The van der Waals surface area contributed by atoms with Gasteiger partial charge in [-0.05, 0) is 36.1 Å². The van der Waals surface area contributed by atoms with Crippen molar-refractivity contribution in [2.75, 3.05) is 13.1 Å². The minimum absolute atomic E-state index is 0.127. The maximum atomic E-state index is 12.9. The topological polar surface area (TPSA) is 55.2 Å². The van der Waals surface area contributed by atoms with Crippen LogP contribution in [-0.2, 0) is 16.9 Å². The maximum absolute atomic E-state index is 12.9. The molecule has 3 heterocycles. The van der Waals surface area contributed by atoms with Crippen molar-refractivity contribution in [1.29, 1.82) is 0 Å². The summed E-state index contributed by atoms with van der Waals surface area (Å²) in [6, 6.07) is 6.41. The summed E-state index contributed by atoms with van der Waals surface area (Å²) in [5, 5.41) is 3.97. The van der Waals surface area contributed by atoms with E-state index in [2.05, 4.69) is 16.1 Å². The van der Waals surface area contributed by atoms with Crippen molar-refractivity contribution in [3.63, 3.8) is 0 Å². The molecule has 6 heteroatoms. The Bertz CT molecular complexity index is 914. The molecule has 1 aromatic heterocycles. The average Bonchev–Trinajstić information content (AvgIpc) is 3.15. The molecular formula is C18H21N3O2S. The van der Waals surface area contributed by atoms with E-state index >= 15 is 0 Å². The van der Waals surface area contributed by atoms with Crippen LogP contribution >= 0.6 is 0 Å². The summed E-state index contributed by atoms with van der Waals surface area (Å²) in [7, 11) is -1.30. The fourth-order valence-corrected chi connectivity index (χ4v) is 6.65. The number of aromatic nitrogens is 2. The van der Waals surface area contributed by atoms with Crippen LogP contribution in [0.1, 0.15) is 30.7 Å². The minimum atomic E-state index is -3.19. The third kappa shape index (κ3) is 1.96. The first-order chi connectivity index (χ1) is 11.5. The van der Waals surface area contributed by atoms with Gasteiger partial charge in [-0.3, -0.25) is 9.58 Å². The van der Waals surface area contributed by atoms with Crippen molar-refractivity contribution < 1.29 is 8.42 Å². The molecule has 2 atom stereocenters. The first kappa shape index (κ1) is 14.7. The molecule has 5 nitrogen and oxygen atoms in total. The van der Waals surface area contributed by atoms with Crippen LogP contribution in [0.25, 0.3) is 11.1 Å². The van der Waals surface area contributed by atoms with Crippen molar-refractivity contribution >= 4 is 9.84 Å². The lowest BCUT2D eigenvalue weighted by atomic mass is 9.91. The Morgan fingerprint density at radius 1 is 1.17 bits per heavy atom. The second-order valence-electron chi connectivity index (χ2n) is 7.38. The highest BCUT2D eigenvalue weighted by atomic mass is 32.2. The Hall–Kier alpha value is -1.66. The number of sulfone groups is 1. The van der Waals surface area contributed by atoms with Gasteiger partial charge in [0.05, 0.1) is 16.3 Å². The van der Waals surface area contributed by atoms with E-state index in [0.29, 0.717) is 17.5 Å². The molecule has 0 bridgehead atoms. The number of benzene rings is 1. The average molecular weight is 343 g/mol. The van der Waals surface area contributed by atoms with Crippen LogP contribution in [0.5, 0.6) is 0 Å². The van der Waals surface area contributed by atoms with Gasteiger partial charge in [0.1, 0.15) is 0 Å². The molecule has 0 radical (unpaired) electrons. The largest absolute Gasteiger partial charge is 0.298 e. The molecule has 2 aromatic rings. The standard InChI is InChI=1S/C18H21N3O2S/c1-20-9-13(8-19-20)12-5-6-17-15(7-12)16-10-21(14-3-2-4-14)11-18(16)24(17,22)23/h5-9,14,16,18H,2-4,10-11H2,1H3/t16-,18+/m0/s1. The van der Waals surface area contributed by atoms with E-state index in [0.717, 1.165) is 23.2 Å². The fraction of sp³-hybridized carbons (Fsp3) is 0.500. The Morgan fingerprint density at radius 3 is 2.67 bits per heavy atom. The summed E-state index contributed by atoms with van der Waals surface area (Å²) >= 11 is 0. The molecule has 0 N–H and O–H groups in total. The molecule has 126 valence electrons. The molecule has 0 unspecified atom stereocenters. The van der Waals surface area contributed by atoms with Crippen molar-refractivity contribution in [1.82, 2.24) is 14.7 Å². The highest BCUT2D eigenvalue weighted by molar-refractivity contribution is 7.92. The number of hydrogen-bond acceptors (Lipinski definition) is 4. The van der Waals surface area contributed by atoms with Gasteiger partial charge in [0.2, 0.25) is 0 Å². The zero-order valence-corrected chi connectivity index (χ0v) is 14.5. The second-order valence-corrected chi connectivity index (χ2v) is 9.52. The summed E-state index contributed by atoms with van der Waals surface area (Å²) < 4.78 is 27.7. The van der Waals surface area contributed by atoms with Gasteiger partial charge in [-0.15, -0.1) is 0 Å². The van der Waals surface area contributed by atoms with E-state index in [1.54, 1.807) is 10.7 Å². The summed E-state index contributed by atoms with van der Waals surface area (Å²) in [4.78, 5) is 2.97. The third-order valence-electron chi connectivity index (χ3n) is 6.04. The van der Waals surface area contributed by atoms with E-state index in [1.165, 1.54) is 19.3 Å². The van der Waals surface area contributed by atoms with E-state index in [1.807, 2.05) is 25.5 Å². The monoisotopic (exact) mass is 343 g/mol. The van der Waals surface area contributed by atoms with Gasteiger partial charge < -0.3 is 0 Å². The molecule has 5 rings (SSSR count).